The number of ether oxygens (including phenoxy) is 2. The Hall–Kier alpha value is -1.08. The van der Waals surface area contributed by atoms with E-state index in [0.29, 0.717) is 19.1 Å². The van der Waals surface area contributed by atoms with E-state index in [9.17, 15) is 10.1 Å². The van der Waals surface area contributed by atoms with Crippen LogP contribution in [-0.2, 0) is 14.3 Å². The molecule has 1 aliphatic rings. The highest BCUT2D eigenvalue weighted by atomic mass is 16.5. The third-order valence-electron chi connectivity index (χ3n) is 4.11. The van der Waals surface area contributed by atoms with Crippen molar-refractivity contribution in [2.24, 2.45) is 23.7 Å². The maximum Gasteiger partial charge on any atom is 0.323 e. The summed E-state index contributed by atoms with van der Waals surface area (Å²) in [5.74, 6) is -0.426. The molecule has 1 aliphatic heterocycles. The lowest BCUT2D eigenvalue weighted by atomic mass is 9.69. The van der Waals surface area contributed by atoms with Crippen LogP contribution in [0, 0.1) is 35.0 Å². The lowest BCUT2D eigenvalue weighted by Gasteiger charge is -2.41. The van der Waals surface area contributed by atoms with Crippen LogP contribution >= 0.6 is 0 Å². The van der Waals surface area contributed by atoms with Gasteiger partial charge in [-0.2, -0.15) is 5.26 Å². The van der Waals surface area contributed by atoms with Crippen LogP contribution in [0.1, 0.15) is 47.5 Å². The van der Waals surface area contributed by atoms with Gasteiger partial charge in [-0.15, -0.1) is 0 Å². The third-order valence-corrected chi connectivity index (χ3v) is 4.11. The van der Waals surface area contributed by atoms with Crippen LogP contribution in [0.2, 0.25) is 0 Å². The zero-order chi connectivity index (χ0) is 15.3. The van der Waals surface area contributed by atoms with Crippen molar-refractivity contribution < 1.29 is 14.3 Å². The SMILES string of the molecule is CCOC(=O)C(C#N)C(C(C)C)C1CCOC(C)(C)C1. The molecule has 4 heteroatoms. The molecule has 1 saturated heterocycles. The first-order valence-corrected chi connectivity index (χ1v) is 7.52. The lowest BCUT2D eigenvalue weighted by molar-refractivity contribution is -0.151. The molecular formula is C16H27NO3. The summed E-state index contributed by atoms with van der Waals surface area (Å²) in [5.41, 5.74) is -0.176. The molecule has 0 bridgehead atoms. The Labute approximate surface area is 122 Å². The van der Waals surface area contributed by atoms with Crippen molar-refractivity contribution in [1.29, 1.82) is 5.26 Å². The number of hydrogen-bond donors (Lipinski definition) is 0. The van der Waals surface area contributed by atoms with Gasteiger partial charge in [0.2, 0.25) is 0 Å². The maximum atomic E-state index is 12.0. The molecule has 0 saturated carbocycles. The minimum atomic E-state index is -0.672. The fourth-order valence-corrected chi connectivity index (χ4v) is 3.34. The number of carbonyl (C=O) groups is 1. The molecule has 0 N–H and O–H groups in total. The molecule has 0 aromatic carbocycles. The second-order valence-electron chi connectivity index (χ2n) is 6.54. The quantitative estimate of drug-likeness (QED) is 0.726. The summed E-state index contributed by atoms with van der Waals surface area (Å²) in [6.07, 6.45) is 1.79. The largest absolute Gasteiger partial charge is 0.465 e. The van der Waals surface area contributed by atoms with Crippen LogP contribution in [-0.4, -0.2) is 24.8 Å². The summed E-state index contributed by atoms with van der Waals surface area (Å²) >= 11 is 0. The molecule has 1 fully saturated rings. The second-order valence-corrected chi connectivity index (χ2v) is 6.54. The first-order valence-electron chi connectivity index (χ1n) is 7.52. The first-order chi connectivity index (χ1) is 9.32. The van der Waals surface area contributed by atoms with Gasteiger partial charge in [0.1, 0.15) is 5.92 Å². The summed E-state index contributed by atoms with van der Waals surface area (Å²) in [7, 11) is 0. The molecule has 3 unspecified atom stereocenters. The van der Waals surface area contributed by atoms with Gasteiger partial charge in [-0.3, -0.25) is 4.79 Å². The van der Waals surface area contributed by atoms with Crippen LogP contribution in [0.25, 0.3) is 0 Å². The van der Waals surface area contributed by atoms with Crippen molar-refractivity contribution in [1.82, 2.24) is 0 Å². The standard InChI is InChI=1S/C16H27NO3/c1-6-19-15(18)13(10-17)14(11(2)3)12-7-8-20-16(4,5)9-12/h11-14H,6-9H2,1-5H3. The number of esters is 1. The molecule has 114 valence electrons. The number of nitrogens with zero attached hydrogens (tertiary/aromatic N) is 1. The molecule has 4 nitrogen and oxygen atoms in total. The highest BCUT2D eigenvalue weighted by molar-refractivity contribution is 5.75. The summed E-state index contributed by atoms with van der Waals surface area (Å²) < 4.78 is 10.8. The van der Waals surface area contributed by atoms with Crippen LogP contribution < -0.4 is 0 Å². The highest BCUT2D eigenvalue weighted by Gasteiger charge is 2.41. The number of rotatable bonds is 5. The van der Waals surface area contributed by atoms with Gasteiger partial charge in [0.05, 0.1) is 18.3 Å². The fraction of sp³-hybridized carbons (Fsp3) is 0.875. The van der Waals surface area contributed by atoms with E-state index in [2.05, 4.69) is 33.8 Å². The fourth-order valence-electron chi connectivity index (χ4n) is 3.34. The minimum absolute atomic E-state index is 0.0298. The van der Waals surface area contributed by atoms with Crippen LogP contribution in [0.5, 0.6) is 0 Å². The van der Waals surface area contributed by atoms with Gasteiger partial charge < -0.3 is 9.47 Å². The van der Waals surface area contributed by atoms with Crippen molar-refractivity contribution in [3.05, 3.63) is 0 Å². The molecule has 1 rings (SSSR count). The number of hydrogen-bond acceptors (Lipinski definition) is 4. The van der Waals surface area contributed by atoms with Gasteiger partial charge in [-0.1, -0.05) is 13.8 Å². The lowest BCUT2D eigenvalue weighted by Crippen LogP contribution is -2.42. The minimum Gasteiger partial charge on any atom is -0.465 e. The van der Waals surface area contributed by atoms with Crippen molar-refractivity contribution in [3.8, 4) is 6.07 Å². The summed E-state index contributed by atoms with van der Waals surface area (Å²) in [6, 6.07) is 2.18. The van der Waals surface area contributed by atoms with E-state index in [1.165, 1.54) is 0 Å². The zero-order valence-corrected chi connectivity index (χ0v) is 13.3. The summed E-state index contributed by atoms with van der Waals surface area (Å²) in [4.78, 5) is 12.0. The predicted octanol–water partition coefficient (Wildman–Crippen LogP) is 3.17. The number of nitriles is 1. The Balaban J connectivity index is 2.92. The van der Waals surface area contributed by atoms with E-state index in [1.807, 2.05) is 0 Å². The van der Waals surface area contributed by atoms with E-state index in [-0.39, 0.29) is 23.4 Å². The molecule has 0 aliphatic carbocycles. The van der Waals surface area contributed by atoms with E-state index in [0.717, 1.165) is 12.8 Å². The molecule has 0 amide bonds. The molecule has 3 atom stereocenters. The van der Waals surface area contributed by atoms with Crippen molar-refractivity contribution >= 4 is 5.97 Å². The Kier molecular flexibility index (Phi) is 6.01. The van der Waals surface area contributed by atoms with Crippen LogP contribution in [0.4, 0.5) is 0 Å². The van der Waals surface area contributed by atoms with Gasteiger partial charge in [-0.25, -0.2) is 0 Å². The van der Waals surface area contributed by atoms with Crippen molar-refractivity contribution in [2.75, 3.05) is 13.2 Å². The smallest absolute Gasteiger partial charge is 0.323 e. The topological polar surface area (TPSA) is 59.3 Å². The second kappa shape index (κ2) is 7.08. The zero-order valence-electron chi connectivity index (χ0n) is 13.3. The molecule has 0 radical (unpaired) electrons. The molecule has 1 heterocycles. The summed E-state index contributed by atoms with van der Waals surface area (Å²) in [6.45, 7) is 11.1. The normalized spacial score (nSPS) is 24.8. The predicted molar refractivity (Wildman–Crippen MR) is 76.8 cm³/mol. The van der Waals surface area contributed by atoms with Crippen LogP contribution in [0.15, 0.2) is 0 Å². The highest BCUT2D eigenvalue weighted by Crippen LogP contribution is 2.40. The van der Waals surface area contributed by atoms with Crippen molar-refractivity contribution in [2.45, 2.75) is 53.1 Å². The van der Waals surface area contributed by atoms with Gasteiger partial charge in [0.15, 0.2) is 0 Å². The van der Waals surface area contributed by atoms with E-state index in [4.69, 9.17) is 9.47 Å². The van der Waals surface area contributed by atoms with Gasteiger partial charge in [0, 0.05) is 6.61 Å². The molecule has 0 aromatic heterocycles. The Bertz CT molecular complexity index is 370. The third kappa shape index (κ3) is 4.21. The van der Waals surface area contributed by atoms with Gasteiger partial charge >= 0.3 is 5.97 Å². The van der Waals surface area contributed by atoms with Crippen LogP contribution in [0.3, 0.4) is 0 Å². The van der Waals surface area contributed by atoms with Gasteiger partial charge in [-0.05, 0) is 51.4 Å². The first kappa shape index (κ1) is 17.0. The summed E-state index contributed by atoms with van der Waals surface area (Å²) in [5, 5.41) is 9.42. The molecule has 0 spiro atoms. The van der Waals surface area contributed by atoms with Crippen molar-refractivity contribution in [3.63, 3.8) is 0 Å². The Morgan fingerprint density at radius 1 is 1.50 bits per heavy atom. The van der Waals surface area contributed by atoms with E-state index in [1.54, 1.807) is 6.92 Å². The molecule has 20 heavy (non-hydrogen) atoms. The molecule has 0 aromatic rings. The Morgan fingerprint density at radius 3 is 2.60 bits per heavy atom. The average molecular weight is 281 g/mol. The maximum absolute atomic E-state index is 12.0. The van der Waals surface area contributed by atoms with E-state index >= 15 is 0 Å². The Morgan fingerprint density at radius 2 is 2.15 bits per heavy atom. The monoisotopic (exact) mass is 281 g/mol. The van der Waals surface area contributed by atoms with E-state index < -0.39 is 5.92 Å². The number of carbonyl (C=O) groups excluding carboxylic acids is 1. The average Bonchev–Trinajstić information content (AvgIpc) is 2.33. The van der Waals surface area contributed by atoms with Gasteiger partial charge in [0.25, 0.3) is 0 Å². The molecular weight excluding hydrogens is 254 g/mol.